The van der Waals surface area contributed by atoms with Gasteiger partial charge < -0.3 is 19.2 Å². The Balaban J connectivity index is 1.56. The molecule has 0 saturated carbocycles. The van der Waals surface area contributed by atoms with E-state index in [9.17, 15) is 9.59 Å². The number of aromatic nitrogens is 2. The molecule has 7 nitrogen and oxygen atoms in total. The molecule has 2 aromatic heterocycles. The van der Waals surface area contributed by atoms with E-state index in [4.69, 9.17) is 4.42 Å². The van der Waals surface area contributed by atoms with Crippen LogP contribution in [-0.4, -0.2) is 38.9 Å². The topological polar surface area (TPSA) is 80.4 Å². The number of para-hydroxylation sites is 2. The van der Waals surface area contributed by atoms with Crippen LogP contribution in [0.1, 0.15) is 42.6 Å². The number of carbonyl (C=O) groups excluding carboxylic acids is 2. The van der Waals surface area contributed by atoms with Gasteiger partial charge in [-0.3, -0.25) is 9.59 Å². The third-order valence-electron chi connectivity index (χ3n) is 5.30. The first-order valence-electron chi connectivity index (χ1n) is 9.69. The van der Waals surface area contributed by atoms with Crippen LogP contribution < -0.4 is 5.32 Å². The lowest BCUT2D eigenvalue weighted by Gasteiger charge is -2.33. The van der Waals surface area contributed by atoms with Crippen LogP contribution in [0.5, 0.6) is 0 Å². The van der Waals surface area contributed by atoms with Gasteiger partial charge in [0.25, 0.3) is 5.91 Å². The highest BCUT2D eigenvalue weighted by Crippen LogP contribution is 2.20. The highest BCUT2D eigenvalue weighted by Gasteiger charge is 2.24. The molecule has 0 radical (unpaired) electrons. The Hall–Kier alpha value is -3.09. The van der Waals surface area contributed by atoms with Crippen LogP contribution in [0.4, 0.5) is 0 Å². The molecule has 1 N–H and O–H groups in total. The molecule has 1 aliphatic rings. The standard InChI is InChI=1S/C21H24N4O3/c1-15-7-4-5-11-24(15)20(26)14-25-17-9-3-2-8-16(17)23-19(25)13-22-21(27)18-10-6-12-28-18/h2-3,6,8-10,12,15H,4-5,7,11,13-14H2,1H3,(H,22,27). The molecule has 1 aromatic carbocycles. The summed E-state index contributed by atoms with van der Waals surface area (Å²) in [6.45, 7) is 3.35. The maximum atomic E-state index is 13.0. The Bertz CT molecular complexity index is 977. The molecule has 2 amide bonds. The summed E-state index contributed by atoms with van der Waals surface area (Å²) in [7, 11) is 0. The van der Waals surface area contributed by atoms with E-state index in [1.54, 1.807) is 12.1 Å². The van der Waals surface area contributed by atoms with Crippen molar-refractivity contribution in [1.82, 2.24) is 19.8 Å². The largest absolute Gasteiger partial charge is 0.459 e. The van der Waals surface area contributed by atoms with E-state index in [2.05, 4.69) is 17.2 Å². The zero-order valence-electron chi connectivity index (χ0n) is 15.9. The summed E-state index contributed by atoms with van der Waals surface area (Å²) >= 11 is 0. The van der Waals surface area contributed by atoms with E-state index in [1.165, 1.54) is 12.7 Å². The van der Waals surface area contributed by atoms with Gasteiger partial charge in [-0.15, -0.1) is 0 Å². The number of carbonyl (C=O) groups is 2. The van der Waals surface area contributed by atoms with Gasteiger partial charge in [-0.25, -0.2) is 4.98 Å². The Labute approximate surface area is 163 Å². The Morgan fingerprint density at radius 1 is 1.21 bits per heavy atom. The molecule has 1 aliphatic heterocycles. The Morgan fingerprint density at radius 2 is 2.07 bits per heavy atom. The lowest BCUT2D eigenvalue weighted by Crippen LogP contribution is -2.43. The fraction of sp³-hybridized carbons (Fsp3) is 0.381. The van der Waals surface area contributed by atoms with Gasteiger partial charge in [0, 0.05) is 12.6 Å². The van der Waals surface area contributed by atoms with Gasteiger partial charge in [0.15, 0.2) is 5.76 Å². The lowest BCUT2D eigenvalue weighted by molar-refractivity contribution is -0.135. The number of fused-ring (bicyclic) bond motifs is 1. The van der Waals surface area contributed by atoms with Crippen molar-refractivity contribution in [3.8, 4) is 0 Å². The predicted octanol–water partition coefficient (Wildman–Crippen LogP) is 2.96. The number of rotatable bonds is 5. The van der Waals surface area contributed by atoms with E-state index in [-0.39, 0.29) is 36.7 Å². The number of benzene rings is 1. The first-order valence-corrected chi connectivity index (χ1v) is 9.69. The third kappa shape index (κ3) is 3.65. The van der Waals surface area contributed by atoms with E-state index >= 15 is 0 Å². The van der Waals surface area contributed by atoms with Crippen LogP contribution in [0, 0.1) is 0 Å². The number of nitrogens with zero attached hydrogens (tertiary/aromatic N) is 3. The first-order chi connectivity index (χ1) is 13.6. The number of furan rings is 1. The minimum absolute atomic E-state index is 0.0916. The van der Waals surface area contributed by atoms with Crippen molar-refractivity contribution in [2.45, 2.75) is 45.3 Å². The molecular formula is C21H24N4O3. The predicted molar refractivity (Wildman–Crippen MR) is 105 cm³/mol. The first kappa shape index (κ1) is 18.3. The fourth-order valence-corrected chi connectivity index (χ4v) is 3.79. The molecule has 1 fully saturated rings. The van der Waals surface area contributed by atoms with E-state index in [1.807, 2.05) is 33.7 Å². The second-order valence-electron chi connectivity index (χ2n) is 7.19. The van der Waals surface area contributed by atoms with Crippen molar-refractivity contribution in [3.63, 3.8) is 0 Å². The summed E-state index contributed by atoms with van der Waals surface area (Å²) < 4.78 is 7.03. The van der Waals surface area contributed by atoms with Crippen LogP contribution in [0.15, 0.2) is 47.1 Å². The molecule has 146 valence electrons. The molecule has 7 heteroatoms. The monoisotopic (exact) mass is 380 g/mol. The Kier molecular flexibility index (Phi) is 5.14. The van der Waals surface area contributed by atoms with Crippen molar-refractivity contribution in [2.24, 2.45) is 0 Å². The summed E-state index contributed by atoms with van der Waals surface area (Å²) in [5, 5.41) is 2.82. The van der Waals surface area contributed by atoms with E-state index in [0.29, 0.717) is 5.82 Å². The van der Waals surface area contributed by atoms with Gasteiger partial charge in [-0.05, 0) is 50.5 Å². The lowest BCUT2D eigenvalue weighted by atomic mass is 10.0. The molecule has 1 atom stereocenters. The van der Waals surface area contributed by atoms with Crippen LogP contribution in [-0.2, 0) is 17.9 Å². The van der Waals surface area contributed by atoms with Gasteiger partial charge in [-0.2, -0.15) is 0 Å². The minimum Gasteiger partial charge on any atom is -0.459 e. The number of piperidine rings is 1. The summed E-state index contributed by atoms with van der Waals surface area (Å²) in [6.07, 6.45) is 4.72. The summed E-state index contributed by atoms with van der Waals surface area (Å²) in [5.41, 5.74) is 1.70. The molecule has 1 saturated heterocycles. The SMILES string of the molecule is CC1CCCCN1C(=O)Cn1c(CNC(=O)c2ccco2)nc2ccccc21. The van der Waals surface area contributed by atoms with Crippen molar-refractivity contribution < 1.29 is 14.0 Å². The smallest absolute Gasteiger partial charge is 0.287 e. The maximum absolute atomic E-state index is 13.0. The van der Waals surface area contributed by atoms with Crippen molar-refractivity contribution in [2.75, 3.05) is 6.54 Å². The molecule has 4 rings (SSSR count). The Morgan fingerprint density at radius 3 is 2.86 bits per heavy atom. The van der Waals surface area contributed by atoms with Crippen LogP contribution >= 0.6 is 0 Å². The fourth-order valence-electron chi connectivity index (χ4n) is 3.79. The zero-order chi connectivity index (χ0) is 19.5. The van der Waals surface area contributed by atoms with Gasteiger partial charge in [0.2, 0.25) is 5.91 Å². The normalized spacial score (nSPS) is 17.0. The zero-order valence-corrected chi connectivity index (χ0v) is 15.9. The average molecular weight is 380 g/mol. The summed E-state index contributed by atoms with van der Waals surface area (Å²) in [5.74, 6) is 0.688. The number of hydrogen-bond acceptors (Lipinski definition) is 4. The van der Waals surface area contributed by atoms with Crippen LogP contribution in [0.25, 0.3) is 11.0 Å². The second kappa shape index (κ2) is 7.88. The van der Waals surface area contributed by atoms with Crippen LogP contribution in [0.2, 0.25) is 0 Å². The molecule has 0 bridgehead atoms. The molecule has 1 unspecified atom stereocenters. The number of nitrogens with one attached hydrogen (secondary N) is 1. The van der Waals surface area contributed by atoms with Gasteiger partial charge >= 0.3 is 0 Å². The molecule has 3 aromatic rings. The second-order valence-corrected chi connectivity index (χ2v) is 7.19. The molecular weight excluding hydrogens is 356 g/mol. The highest BCUT2D eigenvalue weighted by molar-refractivity contribution is 5.91. The van der Waals surface area contributed by atoms with Gasteiger partial charge in [0.05, 0.1) is 23.8 Å². The quantitative estimate of drug-likeness (QED) is 0.738. The third-order valence-corrected chi connectivity index (χ3v) is 5.30. The molecule has 28 heavy (non-hydrogen) atoms. The van der Waals surface area contributed by atoms with Crippen LogP contribution in [0.3, 0.4) is 0 Å². The summed E-state index contributed by atoms with van der Waals surface area (Å²) in [4.78, 5) is 31.8. The molecule has 0 spiro atoms. The van der Waals surface area contributed by atoms with Crippen molar-refractivity contribution in [1.29, 1.82) is 0 Å². The molecule has 0 aliphatic carbocycles. The summed E-state index contributed by atoms with van der Waals surface area (Å²) in [6, 6.07) is 11.3. The van der Waals surface area contributed by atoms with Crippen molar-refractivity contribution in [3.05, 3.63) is 54.2 Å². The molecule has 3 heterocycles. The van der Waals surface area contributed by atoms with Gasteiger partial charge in [0.1, 0.15) is 12.4 Å². The minimum atomic E-state index is -0.306. The number of likely N-dealkylation sites (tertiary alicyclic amines) is 1. The van der Waals surface area contributed by atoms with Crippen molar-refractivity contribution >= 4 is 22.8 Å². The van der Waals surface area contributed by atoms with Gasteiger partial charge in [-0.1, -0.05) is 12.1 Å². The van der Waals surface area contributed by atoms with E-state index in [0.717, 1.165) is 30.4 Å². The number of hydrogen-bond donors (Lipinski definition) is 1. The average Bonchev–Trinajstić information content (AvgIpc) is 3.35. The van der Waals surface area contributed by atoms with E-state index < -0.39 is 0 Å². The number of imidazole rings is 1. The highest BCUT2D eigenvalue weighted by atomic mass is 16.3. The number of amides is 2. The maximum Gasteiger partial charge on any atom is 0.287 e.